The van der Waals surface area contributed by atoms with Gasteiger partial charge in [-0.3, -0.25) is 14.2 Å². The molecule has 148 valence electrons. The molecule has 0 saturated heterocycles. The van der Waals surface area contributed by atoms with E-state index in [-0.39, 0.29) is 22.8 Å². The smallest absolute Gasteiger partial charge is 0.263 e. The summed E-state index contributed by atoms with van der Waals surface area (Å²) in [4.78, 5) is 32.3. The van der Waals surface area contributed by atoms with E-state index in [1.165, 1.54) is 31.0 Å². The first-order chi connectivity index (χ1) is 12.8. The van der Waals surface area contributed by atoms with Gasteiger partial charge in [-0.2, -0.15) is 0 Å². The molecule has 0 unspecified atom stereocenters. The molecule has 1 amide bonds. The van der Waals surface area contributed by atoms with E-state index >= 15 is 0 Å². The van der Waals surface area contributed by atoms with Crippen LogP contribution < -0.4 is 10.9 Å². The van der Waals surface area contributed by atoms with Crippen molar-refractivity contribution in [3.8, 4) is 0 Å². The van der Waals surface area contributed by atoms with Gasteiger partial charge in [0.1, 0.15) is 4.83 Å². The number of fused-ring (bicyclic) bond motifs is 1. The summed E-state index contributed by atoms with van der Waals surface area (Å²) in [5.74, 6) is 0.564. The maximum atomic E-state index is 12.9. The minimum absolute atomic E-state index is 0.000334. The van der Waals surface area contributed by atoms with Gasteiger partial charge in [-0.05, 0) is 52.0 Å². The Bertz CT molecular complexity index is 903. The Morgan fingerprint density at radius 2 is 2.07 bits per heavy atom. The lowest BCUT2D eigenvalue weighted by Crippen LogP contribution is -2.44. The van der Waals surface area contributed by atoms with E-state index in [4.69, 9.17) is 4.98 Å². The van der Waals surface area contributed by atoms with Gasteiger partial charge in [-0.25, -0.2) is 4.98 Å². The maximum absolute atomic E-state index is 12.9. The first-order valence-corrected chi connectivity index (χ1v) is 11.5. The van der Waals surface area contributed by atoms with Crippen molar-refractivity contribution in [3.63, 3.8) is 0 Å². The molecule has 2 heterocycles. The monoisotopic (exact) mass is 407 g/mol. The van der Waals surface area contributed by atoms with E-state index in [9.17, 15) is 9.59 Å². The summed E-state index contributed by atoms with van der Waals surface area (Å²) >= 11 is 2.94. The van der Waals surface area contributed by atoms with Crippen molar-refractivity contribution in [1.29, 1.82) is 0 Å². The third-order valence-corrected chi connectivity index (χ3v) is 7.85. The summed E-state index contributed by atoms with van der Waals surface area (Å²) in [6.45, 7) is 10.6. The van der Waals surface area contributed by atoms with Crippen LogP contribution in [0.5, 0.6) is 0 Å². The summed E-state index contributed by atoms with van der Waals surface area (Å²) < 4.78 is 1.69. The molecule has 0 spiro atoms. The zero-order valence-corrected chi connectivity index (χ0v) is 18.4. The van der Waals surface area contributed by atoms with Gasteiger partial charge in [0.05, 0.1) is 10.6 Å². The van der Waals surface area contributed by atoms with Crippen molar-refractivity contribution in [1.82, 2.24) is 14.9 Å². The summed E-state index contributed by atoms with van der Waals surface area (Å²) in [6.07, 6.45) is 4.67. The van der Waals surface area contributed by atoms with Crippen LogP contribution in [0, 0.1) is 19.8 Å². The number of amides is 1. The zero-order valence-electron chi connectivity index (χ0n) is 16.8. The molecule has 7 heteroatoms. The van der Waals surface area contributed by atoms with Crippen LogP contribution in [-0.4, -0.2) is 26.8 Å². The van der Waals surface area contributed by atoms with Gasteiger partial charge in [0.25, 0.3) is 5.56 Å². The fourth-order valence-corrected chi connectivity index (χ4v) is 5.77. The molecule has 3 rings (SSSR count). The second-order valence-corrected chi connectivity index (χ2v) is 10.1. The Labute approximate surface area is 169 Å². The Hall–Kier alpha value is -1.34. The Morgan fingerprint density at radius 3 is 2.74 bits per heavy atom. The quantitative estimate of drug-likeness (QED) is 0.594. The minimum Gasteiger partial charge on any atom is -0.352 e. The molecule has 1 N–H and O–H groups in total. The third-order valence-electron chi connectivity index (χ3n) is 5.66. The van der Waals surface area contributed by atoms with Gasteiger partial charge in [0.2, 0.25) is 5.91 Å². The van der Waals surface area contributed by atoms with Crippen molar-refractivity contribution in [2.45, 2.75) is 83.3 Å². The van der Waals surface area contributed by atoms with E-state index in [0.29, 0.717) is 17.6 Å². The van der Waals surface area contributed by atoms with Crippen LogP contribution in [0.2, 0.25) is 0 Å². The largest absolute Gasteiger partial charge is 0.352 e. The van der Waals surface area contributed by atoms with Gasteiger partial charge in [-0.15, -0.1) is 11.3 Å². The number of thiophene rings is 1. The van der Waals surface area contributed by atoms with Crippen LogP contribution in [0.1, 0.15) is 56.9 Å². The Kier molecular flexibility index (Phi) is 6.31. The normalized spacial score (nSPS) is 21.4. The van der Waals surface area contributed by atoms with Crippen LogP contribution in [0.4, 0.5) is 0 Å². The molecular formula is C20H29N3O2S2. The molecule has 0 aliphatic heterocycles. The summed E-state index contributed by atoms with van der Waals surface area (Å²) in [6, 6.07) is 0.265. The molecule has 5 nitrogen and oxygen atoms in total. The average molecular weight is 408 g/mol. The molecule has 2 aromatic heterocycles. The molecular weight excluding hydrogens is 378 g/mol. The molecule has 2 aromatic rings. The highest BCUT2D eigenvalue weighted by Gasteiger charge is 2.26. The van der Waals surface area contributed by atoms with E-state index in [1.54, 1.807) is 15.9 Å². The molecule has 1 fully saturated rings. The highest BCUT2D eigenvalue weighted by molar-refractivity contribution is 8.00. The lowest BCUT2D eigenvalue weighted by atomic mass is 9.86. The van der Waals surface area contributed by atoms with Crippen LogP contribution in [0.3, 0.4) is 0 Å². The topological polar surface area (TPSA) is 64.0 Å². The Morgan fingerprint density at radius 1 is 1.37 bits per heavy atom. The van der Waals surface area contributed by atoms with Crippen molar-refractivity contribution in [3.05, 3.63) is 20.8 Å². The third kappa shape index (κ3) is 4.09. The van der Waals surface area contributed by atoms with Gasteiger partial charge >= 0.3 is 0 Å². The van der Waals surface area contributed by atoms with Crippen molar-refractivity contribution in [2.75, 3.05) is 0 Å². The number of aryl methyl sites for hydroxylation is 2. The summed E-state index contributed by atoms with van der Waals surface area (Å²) in [5.41, 5.74) is 1.02. The van der Waals surface area contributed by atoms with E-state index in [0.717, 1.165) is 27.1 Å². The molecule has 1 saturated carbocycles. The second kappa shape index (κ2) is 8.35. The lowest BCUT2D eigenvalue weighted by molar-refractivity contribution is -0.121. The van der Waals surface area contributed by atoms with Gasteiger partial charge in [-0.1, -0.05) is 31.5 Å². The predicted octanol–water partition coefficient (Wildman–Crippen LogP) is 4.27. The maximum Gasteiger partial charge on any atom is 0.263 e. The average Bonchev–Trinajstić information content (AvgIpc) is 2.91. The number of carbonyl (C=O) groups excluding carboxylic acids is 1. The van der Waals surface area contributed by atoms with Crippen molar-refractivity contribution < 1.29 is 4.79 Å². The van der Waals surface area contributed by atoms with Crippen LogP contribution in [0.25, 0.3) is 10.2 Å². The number of rotatable bonds is 5. The van der Waals surface area contributed by atoms with Crippen LogP contribution >= 0.6 is 23.1 Å². The van der Waals surface area contributed by atoms with Gasteiger partial charge < -0.3 is 5.32 Å². The molecule has 1 aliphatic rings. The standard InChI is InChI=1S/C20H29N3O2S2/c1-6-23-19(25)16-12(3)13(4)26-18(16)22-20(23)27-14(5)17(24)21-15-10-8-7-9-11(15)2/h11,14-15H,6-10H2,1-5H3,(H,21,24)/t11-,14-,15+/m0/s1. The van der Waals surface area contributed by atoms with Crippen molar-refractivity contribution >= 4 is 39.2 Å². The molecule has 1 aliphatic carbocycles. The van der Waals surface area contributed by atoms with Crippen molar-refractivity contribution in [2.24, 2.45) is 5.92 Å². The van der Waals surface area contributed by atoms with E-state index in [2.05, 4.69) is 12.2 Å². The van der Waals surface area contributed by atoms with E-state index in [1.807, 2.05) is 27.7 Å². The number of carbonyl (C=O) groups is 1. The number of hydrogen-bond donors (Lipinski definition) is 1. The summed E-state index contributed by atoms with van der Waals surface area (Å²) in [5, 5.41) is 4.28. The molecule has 0 aromatic carbocycles. The van der Waals surface area contributed by atoms with Gasteiger partial charge in [0.15, 0.2) is 5.16 Å². The highest BCUT2D eigenvalue weighted by Crippen LogP contribution is 2.30. The number of aromatic nitrogens is 2. The SMILES string of the molecule is CCn1c(S[C@@H](C)C(=O)N[C@@H]2CCCC[C@@H]2C)nc2sc(C)c(C)c2c1=O. The molecule has 3 atom stereocenters. The Balaban J connectivity index is 1.82. The van der Waals surface area contributed by atoms with E-state index < -0.39 is 0 Å². The molecule has 27 heavy (non-hydrogen) atoms. The number of nitrogens with one attached hydrogen (secondary N) is 1. The highest BCUT2D eigenvalue weighted by atomic mass is 32.2. The minimum atomic E-state index is -0.288. The fraction of sp³-hybridized carbons (Fsp3) is 0.650. The molecule has 0 radical (unpaired) electrons. The summed E-state index contributed by atoms with van der Waals surface area (Å²) in [7, 11) is 0. The first kappa shape index (κ1) is 20.4. The number of thioether (sulfide) groups is 1. The number of nitrogens with zero attached hydrogens (tertiary/aromatic N) is 2. The second-order valence-electron chi connectivity index (χ2n) is 7.54. The fourth-order valence-electron chi connectivity index (χ4n) is 3.72. The van der Waals surface area contributed by atoms with Crippen LogP contribution in [0.15, 0.2) is 9.95 Å². The molecule has 0 bridgehead atoms. The van der Waals surface area contributed by atoms with Gasteiger partial charge in [0, 0.05) is 17.5 Å². The first-order valence-electron chi connectivity index (χ1n) is 9.81. The predicted molar refractivity (Wildman–Crippen MR) is 114 cm³/mol. The zero-order chi connectivity index (χ0) is 19.7. The lowest BCUT2D eigenvalue weighted by Gasteiger charge is -2.30. The number of hydrogen-bond acceptors (Lipinski definition) is 5. The van der Waals surface area contributed by atoms with Crippen LogP contribution in [-0.2, 0) is 11.3 Å².